The highest BCUT2D eigenvalue weighted by Gasteiger charge is 2.16. The lowest BCUT2D eigenvalue weighted by Gasteiger charge is -2.06. The number of halogens is 2. The fourth-order valence-corrected chi connectivity index (χ4v) is 2.10. The number of hydrogen-bond acceptors (Lipinski definition) is 4. The summed E-state index contributed by atoms with van der Waals surface area (Å²) in [5, 5.41) is 1.01. The Bertz CT molecular complexity index is 575. The van der Waals surface area contributed by atoms with Crippen LogP contribution in [0.3, 0.4) is 0 Å². The fraction of sp³-hybridized carbons (Fsp3) is 0.250. The van der Waals surface area contributed by atoms with Crippen molar-refractivity contribution in [3.05, 3.63) is 33.6 Å². The molecule has 0 aliphatic carbocycles. The van der Waals surface area contributed by atoms with Crippen LogP contribution in [0.5, 0.6) is 0 Å². The van der Waals surface area contributed by atoms with Crippen LogP contribution in [0, 0.1) is 0 Å². The number of carbonyl (C=O) groups excluding carboxylic acids is 1. The van der Waals surface area contributed by atoms with Gasteiger partial charge >= 0.3 is 5.97 Å². The molecule has 0 N–H and O–H groups in total. The Hall–Kier alpha value is -1.20. The smallest absolute Gasteiger partial charge is 0.339 e. The van der Waals surface area contributed by atoms with E-state index in [1.807, 2.05) is 13.8 Å². The van der Waals surface area contributed by atoms with Crippen LogP contribution in [-0.4, -0.2) is 23.0 Å². The van der Waals surface area contributed by atoms with Gasteiger partial charge in [0.05, 0.1) is 27.7 Å². The normalized spacial score (nSPS) is 9.61. The molecular weight excluding hydrogens is 320 g/mol. The lowest BCUT2D eigenvalue weighted by molar-refractivity contribution is 0.0601. The molecule has 0 aliphatic rings. The van der Waals surface area contributed by atoms with E-state index in [0.717, 1.165) is 5.39 Å². The first-order valence-electron chi connectivity index (χ1n) is 5.31. The molecule has 2 aromatic rings. The van der Waals surface area contributed by atoms with E-state index in [9.17, 15) is 4.79 Å². The number of rotatable bonds is 1. The Balaban J connectivity index is 0.000000771. The summed E-state index contributed by atoms with van der Waals surface area (Å²) in [5.41, 5.74) is 0.950. The van der Waals surface area contributed by atoms with Crippen LogP contribution in [0.25, 0.3) is 10.9 Å². The second-order valence-corrected chi connectivity index (χ2v) is 4.18. The van der Waals surface area contributed by atoms with E-state index >= 15 is 0 Å². The van der Waals surface area contributed by atoms with Crippen LogP contribution >= 0.6 is 27.5 Å². The number of nitrogens with zero attached hydrogens (tertiary/aromatic N) is 2. The molecule has 96 valence electrons. The summed E-state index contributed by atoms with van der Waals surface area (Å²) >= 11 is 9.34. The molecule has 0 aliphatic heterocycles. The number of benzene rings is 1. The SMILES string of the molecule is CC.COC(=O)c1cc2cncnc2c(Br)c1Cl. The predicted octanol–water partition coefficient (Wildman–Crippen LogP) is 3.86. The van der Waals surface area contributed by atoms with Gasteiger partial charge in [-0.2, -0.15) is 0 Å². The van der Waals surface area contributed by atoms with Gasteiger partial charge in [0.2, 0.25) is 0 Å². The van der Waals surface area contributed by atoms with Crippen LogP contribution in [0.1, 0.15) is 24.2 Å². The first-order chi connectivity index (χ1) is 8.65. The number of ether oxygens (including phenoxy) is 1. The summed E-state index contributed by atoms with van der Waals surface area (Å²) in [6.45, 7) is 4.00. The molecule has 0 spiro atoms. The third-order valence-corrected chi connectivity index (χ3v) is 3.48. The van der Waals surface area contributed by atoms with Gasteiger partial charge in [-0.05, 0) is 22.0 Å². The van der Waals surface area contributed by atoms with Crippen molar-refractivity contribution in [2.45, 2.75) is 13.8 Å². The first-order valence-corrected chi connectivity index (χ1v) is 6.48. The molecule has 0 saturated carbocycles. The Labute approximate surface area is 118 Å². The minimum atomic E-state index is -0.489. The van der Waals surface area contributed by atoms with Crippen LogP contribution in [0.4, 0.5) is 0 Å². The number of methoxy groups -OCH3 is 1. The molecular formula is C12H12BrClN2O2. The molecule has 2 rings (SSSR count). The zero-order chi connectivity index (χ0) is 13.7. The summed E-state index contributed by atoms with van der Waals surface area (Å²) in [6, 6.07) is 1.61. The van der Waals surface area contributed by atoms with Crippen LogP contribution < -0.4 is 0 Å². The van der Waals surface area contributed by atoms with Gasteiger partial charge < -0.3 is 4.74 Å². The highest BCUT2D eigenvalue weighted by molar-refractivity contribution is 9.10. The standard InChI is InChI=1S/C10H6BrClN2O2.C2H6/c1-16-10(15)6-2-5-3-13-4-14-9(5)7(11)8(6)12;1-2/h2-4H,1H3;1-2H3. The van der Waals surface area contributed by atoms with E-state index < -0.39 is 5.97 Å². The van der Waals surface area contributed by atoms with E-state index in [4.69, 9.17) is 11.6 Å². The molecule has 0 unspecified atom stereocenters. The maximum Gasteiger partial charge on any atom is 0.339 e. The lowest BCUT2D eigenvalue weighted by Crippen LogP contribution is -2.03. The van der Waals surface area contributed by atoms with Crippen LogP contribution in [0.2, 0.25) is 5.02 Å². The quantitative estimate of drug-likeness (QED) is 0.745. The summed E-state index contributed by atoms with van der Waals surface area (Å²) in [4.78, 5) is 19.4. The zero-order valence-electron chi connectivity index (χ0n) is 10.2. The van der Waals surface area contributed by atoms with Crippen LogP contribution in [0.15, 0.2) is 23.1 Å². The van der Waals surface area contributed by atoms with E-state index in [0.29, 0.717) is 15.6 Å². The molecule has 6 heteroatoms. The number of carbonyl (C=O) groups is 1. The molecule has 0 bridgehead atoms. The minimum Gasteiger partial charge on any atom is -0.465 e. The van der Waals surface area contributed by atoms with E-state index in [1.165, 1.54) is 13.4 Å². The Morgan fingerprint density at radius 1 is 1.44 bits per heavy atom. The van der Waals surface area contributed by atoms with Gasteiger partial charge in [-0.3, -0.25) is 0 Å². The molecule has 18 heavy (non-hydrogen) atoms. The third kappa shape index (κ3) is 2.79. The van der Waals surface area contributed by atoms with E-state index in [2.05, 4.69) is 30.6 Å². The average molecular weight is 332 g/mol. The lowest BCUT2D eigenvalue weighted by atomic mass is 10.1. The monoisotopic (exact) mass is 330 g/mol. The van der Waals surface area contributed by atoms with Gasteiger partial charge in [0.15, 0.2) is 0 Å². The van der Waals surface area contributed by atoms with Crippen molar-refractivity contribution in [1.82, 2.24) is 9.97 Å². The van der Waals surface area contributed by atoms with Gasteiger partial charge in [0.25, 0.3) is 0 Å². The summed E-state index contributed by atoms with van der Waals surface area (Å²) < 4.78 is 5.20. The molecule has 1 heterocycles. The van der Waals surface area contributed by atoms with Crippen molar-refractivity contribution in [1.29, 1.82) is 0 Å². The topological polar surface area (TPSA) is 52.1 Å². The van der Waals surface area contributed by atoms with Gasteiger partial charge in [-0.1, -0.05) is 25.4 Å². The fourth-order valence-electron chi connectivity index (χ4n) is 1.33. The van der Waals surface area contributed by atoms with Crippen molar-refractivity contribution in [2.24, 2.45) is 0 Å². The Morgan fingerprint density at radius 2 is 2.11 bits per heavy atom. The summed E-state index contributed by atoms with van der Waals surface area (Å²) in [5.74, 6) is -0.489. The Morgan fingerprint density at radius 3 is 2.72 bits per heavy atom. The molecule has 0 amide bonds. The van der Waals surface area contributed by atoms with E-state index in [1.54, 1.807) is 12.3 Å². The van der Waals surface area contributed by atoms with Gasteiger partial charge in [0.1, 0.15) is 6.33 Å². The molecule has 0 fully saturated rings. The van der Waals surface area contributed by atoms with Crippen molar-refractivity contribution in [2.75, 3.05) is 7.11 Å². The number of aromatic nitrogens is 2. The number of esters is 1. The summed E-state index contributed by atoms with van der Waals surface area (Å²) in [7, 11) is 1.30. The number of fused-ring (bicyclic) bond motifs is 1. The Kier molecular flexibility index (Phi) is 5.50. The maximum atomic E-state index is 11.5. The van der Waals surface area contributed by atoms with Crippen molar-refractivity contribution >= 4 is 44.4 Å². The highest BCUT2D eigenvalue weighted by Crippen LogP contribution is 2.33. The largest absolute Gasteiger partial charge is 0.465 e. The van der Waals surface area contributed by atoms with Gasteiger partial charge in [0, 0.05) is 11.6 Å². The molecule has 0 atom stereocenters. The minimum absolute atomic E-state index is 0.290. The third-order valence-electron chi connectivity index (χ3n) is 2.08. The van der Waals surface area contributed by atoms with Gasteiger partial charge in [-0.25, -0.2) is 14.8 Å². The van der Waals surface area contributed by atoms with Crippen molar-refractivity contribution in [3.8, 4) is 0 Å². The van der Waals surface area contributed by atoms with Crippen molar-refractivity contribution < 1.29 is 9.53 Å². The zero-order valence-corrected chi connectivity index (χ0v) is 12.5. The molecule has 4 nitrogen and oxygen atoms in total. The average Bonchev–Trinajstić information content (AvgIpc) is 2.44. The van der Waals surface area contributed by atoms with Gasteiger partial charge in [-0.15, -0.1) is 0 Å². The van der Waals surface area contributed by atoms with Crippen molar-refractivity contribution in [3.63, 3.8) is 0 Å². The molecule has 0 radical (unpaired) electrons. The predicted molar refractivity (Wildman–Crippen MR) is 74.9 cm³/mol. The molecule has 0 saturated heterocycles. The second-order valence-electron chi connectivity index (χ2n) is 3.00. The first kappa shape index (κ1) is 14.9. The number of hydrogen-bond donors (Lipinski definition) is 0. The molecule has 1 aromatic carbocycles. The molecule has 1 aromatic heterocycles. The van der Waals surface area contributed by atoms with E-state index in [-0.39, 0.29) is 5.02 Å². The summed E-state index contributed by atoms with van der Waals surface area (Å²) in [6.07, 6.45) is 3.02. The van der Waals surface area contributed by atoms with Crippen LogP contribution in [-0.2, 0) is 4.74 Å². The maximum absolute atomic E-state index is 11.5. The highest BCUT2D eigenvalue weighted by atomic mass is 79.9. The second kappa shape index (κ2) is 6.66.